The molecule has 0 aliphatic heterocycles. The summed E-state index contributed by atoms with van der Waals surface area (Å²) in [4.78, 5) is 41.2. The Labute approximate surface area is 328 Å². The summed E-state index contributed by atoms with van der Waals surface area (Å²) in [5.74, 6) is 0. The second kappa shape index (κ2) is 122. The third-order valence-corrected chi connectivity index (χ3v) is 0. The Morgan fingerprint density at radius 3 is 0.350 bits per heavy atom. The zero-order valence-corrected chi connectivity index (χ0v) is 27.6. The van der Waals surface area contributed by atoms with Crippen molar-refractivity contribution in [3.8, 4) is 0 Å². The van der Waals surface area contributed by atoms with Crippen molar-refractivity contribution in [2.24, 2.45) is 0 Å². The summed E-state index contributed by atoms with van der Waals surface area (Å²) in [5, 5.41) is 41.2. The van der Waals surface area contributed by atoms with Crippen molar-refractivity contribution < 1.29 is 306 Å². The zero-order valence-electron chi connectivity index (χ0n) is 12.0. The molecule has 90 valence electrons. The van der Waals surface area contributed by atoms with Gasteiger partial charge in [0.25, 0.3) is 0 Å². The van der Waals surface area contributed by atoms with Crippen molar-refractivity contribution in [3.05, 3.63) is 0 Å². The fourth-order valence-electron chi connectivity index (χ4n) is 0. The molecule has 0 radical (unpaired) electrons. The van der Waals surface area contributed by atoms with E-state index in [1.807, 2.05) is 0 Å². The predicted molar refractivity (Wildman–Crippen MR) is 30.3 cm³/mol. The Morgan fingerprint density at radius 2 is 0.350 bits per heavy atom. The largest absolute Gasteiger partial charge is 1.00 e. The minimum Gasteiger partial charge on any atom is -0.554 e. The summed E-state index contributed by atoms with van der Waals surface area (Å²) in [6.07, 6.45) is 0. The van der Waals surface area contributed by atoms with Crippen molar-refractivity contribution in [2.45, 2.75) is 0 Å². The van der Waals surface area contributed by atoms with Crippen molar-refractivity contribution in [1.82, 2.24) is 0 Å². The number of rotatable bonds is 0. The van der Waals surface area contributed by atoms with E-state index in [0.717, 1.165) is 0 Å². The molecule has 15 heteroatoms. The Balaban J connectivity index is -0.00000000735. The molecule has 0 aliphatic carbocycles. The molecule has 0 rings (SSSR count). The van der Waals surface area contributed by atoms with Gasteiger partial charge in [-0.2, -0.15) is 0 Å². The van der Waals surface area contributed by atoms with Gasteiger partial charge in [-0.05, 0) is 0 Å². The molecular formula is C5H5K5O10. The first-order chi connectivity index (χ1) is 7.07. The van der Waals surface area contributed by atoms with Crippen molar-refractivity contribution >= 4 is 32.4 Å². The van der Waals surface area contributed by atoms with E-state index in [-0.39, 0.29) is 257 Å². The molecule has 0 spiro atoms. The second-order valence-corrected chi connectivity index (χ2v) is 0.481. The van der Waals surface area contributed by atoms with Gasteiger partial charge >= 0.3 is 257 Å². The first kappa shape index (κ1) is 63.7. The molecule has 0 heterocycles. The van der Waals surface area contributed by atoms with Gasteiger partial charge in [-0.15, -0.1) is 0 Å². The fraction of sp³-hybridized carbons (Fsp3) is 0. The minimum atomic E-state index is -0.500. The summed E-state index contributed by atoms with van der Waals surface area (Å²) < 4.78 is 0. The van der Waals surface area contributed by atoms with Gasteiger partial charge in [0, 0.05) is 32.4 Å². The van der Waals surface area contributed by atoms with Crippen LogP contribution in [-0.4, -0.2) is 32.4 Å². The van der Waals surface area contributed by atoms with E-state index in [1.54, 1.807) is 0 Å². The van der Waals surface area contributed by atoms with Crippen LogP contribution in [-0.2, 0) is 24.0 Å². The van der Waals surface area contributed by atoms with Gasteiger partial charge in [0.2, 0.25) is 0 Å². The maximum atomic E-state index is 8.25. The summed E-state index contributed by atoms with van der Waals surface area (Å²) in [6.45, 7) is -2.50. The SMILES string of the molecule is O=C[O-].O=C[O-].O=C[O-].O=C[O-].O=C[O-].[K+].[K+].[K+].[K+].[K+]. The molecule has 0 unspecified atom stereocenters. The summed E-state index contributed by atoms with van der Waals surface area (Å²) in [7, 11) is 0. The standard InChI is InChI=1S/5CH2O2.5K/c5*2-1-3;;;;;/h5*1H,(H,2,3);;;;;/q;;;;;5*+1/p-5. The van der Waals surface area contributed by atoms with Crippen LogP contribution in [0.1, 0.15) is 0 Å². The molecule has 0 N–H and O–H groups in total. The maximum absolute atomic E-state index is 8.25. The molecule has 0 saturated heterocycles. The average molecular weight is 421 g/mol. The topological polar surface area (TPSA) is 201 Å². The number of carbonyl (C=O) groups is 5. The van der Waals surface area contributed by atoms with Crippen molar-refractivity contribution in [3.63, 3.8) is 0 Å². The third kappa shape index (κ3) is 390. The molecule has 0 aromatic carbocycles. The van der Waals surface area contributed by atoms with Crippen LogP contribution < -0.4 is 282 Å². The van der Waals surface area contributed by atoms with Gasteiger partial charge in [0.1, 0.15) is 0 Å². The van der Waals surface area contributed by atoms with Crippen LogP contribution in [0.2, 0.25) is 0 Å². The van der Waals surface area contributed by atoms with Crippen LogP contribution in [0.3, 0.4) is 0 Å². The van der Waals surface area contributed by atoms with Gasteiger partial charge in [-0.3, -0.25) is 0 Å². The summed E-state index contributed by atoms with van der Waals surface area (Å²) in [6, 6.07) is 0. The third-order valence-electron chi connectivity index (χ3n) is 0. The Kier molecular flexibility index (Phi) is 390. The van der Waals surface area contributed by atoms with E-state index in [1.165, 1.54) is 0 Å². The van der Waals surface area contributed by atoms with Crippen molar-refractivity contribution in [1.29, 1.82) is 0 Å². The van der Waals surface area contributed by atoms with E-state index in [0.29, 0.717) is 0 Å². The maximum Gasteiger partial charge on any atom is 1.00 e. The van der Waals surface area contributed by atoms with Crippen LogP contribution in [0, 0.1) is 0 Å². The molecule has 0 bridgehead atoms. The van der Waals surface area contributed by atoms with E-state index < -0.39 is 32.4 Å². The number of carboxylic acid groups (broad SMARTS) is 5. The number of hydrogen-bond acceptors (Lipinski definition) is 10. The van der Waals surface area contributed by atoms with Gasteiger partial charge in [-0.1, -0.05) is 0 Å². The van der Waals surface area contributed by atoms with E-state index in [2.05, 4.69) is 0 Å². The summed E-state index contributed by atoms with van der Waals surface area (Å²) >= 11 is 0. The number of hydrogen-bond donors (Lipinski definition) is 0. The zero-order chi connectivity index (χ0) is 13.5. The van der Waals surface area contributed by atoms with Crippen LogP contribution in [0.15, 0.2) is 0 Å². The van der Waals surface area contributed by atoms with E-state index in [4.69, 9.17) is 49.5 Å². The van der Waals surface area contributed by atoms with Crippen LogP contribution in [0.5, 0.6) is 0 Å². The van der Waals surface area contributed by atoms with Gasteiger partial charge in [-0.25, -0.2) is 0 Å². The first-order valence-electron chi connectivity index (χ1n) is 2.36. The Bertz CT molecular complexity index is 102. The average Bonchev–Trinajstić information content (AvgIpc) is 2.09. The molecular weight excluding hydrogens is 416 g/mol. The molecule has 0 aromatic rings. The quantitative estimate of drug-likeness (QED) is 0.267. The smallest absolute Gasteiger partial charge is 0.554 e. The van der Waals surface area contributed by atoms with Crippen LogP contribution in [0.4, 0.5) is 0 Å². The minimum absolute atomic E-state index is 0. The first-order valence-corrected chi connectivity index (χ1v) is 2.36. The molecule has 20 heavy (non-hydrogen) atoms. The predicted octanol–water partition coefficient (Wildman–Crippen LogP) is -23.1. The molecule has 10 nitrogen and oxygen atoms in total. The fourth-order valence-corrected chi connectivity index (χ4v) is 0. The van der Waals surface area contributed by atoms with E-state index in [9.17, 15) is 0 Å². The normalized spacial score (nSPS) is 3.00. The Hall–Kier alpha value is 5.53. The Morgan fingerprint density at radius 1 is 0.350 bits per heavy atom. The molecule has 0 saturated carbocycles. The van der Waals surface area contributed by atoms with Crippen LogP contribution in [0.25, 0.3) is 0 Å². The second-order valence-electron chi connectivity index (χ2n) is 0.481. The van der Waals surface area contributed by atoms with Gasteiger partial charge < -0.3 is 49.5 Å². The monoisotopic (exact) mass is 420 g/mol. The van der Waals surface area contributed by atoms with Gasteiger partial charge in [0.15, 0.2) is 0 Å². The number of carbonyl (C=O) groups excluding carboxylic acids is 5. The van der Waals surface area contributed by atoms with Gasteiger partial charge in [0.05, 0.1) is 0 Å². The van der Waals surface area contributed by atoms with E-state index >= 15 is 0 Å². The molecule has 0 atom stereocenters. The summed E-state index contributed by atoms with van der Waals surface area (Å²) in [5.41, 5.74) is 0. The molecule has 0 aromatic heterocycles. The van der Waals surface area contributed by atoms with Crippen molar-refractivity contribution in [2.75, 3.05) is 0 Å². The molecule has 0 aliphatic rings. The molecule has 0 amide bonds. The molecule has 0 fully saturated rings. The van der Waals surface area contributed by atoms with Crippen LogP contribution >= 0.6 is 0 Å².